The Bertz CT molecular complexity index is 4560. The first kappa shape index (κ1) is 85.8. The number of hydrogen-bond acceptors (Lipinski definition) is 21. The highest BCUT2D eigenvalue weighted by Gasteiger charge is 2.37. The third-order valence-corrected chi connectivity index (χ3v) is 16.6. The minimum Gasteiger partial charge on any atom is -0.507 e. The van der Waals surface area contributed by atoms with Gasteiger partial charge in [-0.05, 0) is 152 Å². The van der Waals surface area contributed by atoms with Gasteiger partial charge in [-0.25, -0.2) is 32.3 Å². The van der Waals surface area contributed by atoms with Crippen LogP contribution in [0.4, 0.5) is 22.8 Å². The van der Waals surface area contributed by atoms with Crippen LogP contribution in [0.5, 0.6) is 17.2 Å². The number of pyridine rings is 2. The van der Waals surface area contributed by atoms with Crippen LogP contribution in [0.1, 0.15) is 155 Å². The zero-order chi connectivity index (χ0) is 81.4. The summed E-state index contributed by atoms with van der Waals surface area (Å²) in [4.78, 5) is 131. The molecule has 0 aliphatic carbocycles. The second kappa shape index (κ2) is 39.6. The number of aromatic nitrogens is 2. The van der Waals surface area contributed by atoms with E-state index in [0.29, 0.717) is 49.5 Å². The Hall–Kier alpha value is -12.5. The molecule has 0 unspecified atom stereocenters. The molecule has 6 atom stereocenters. The van der Waals surface area contributed by atoms with Gasteiger partial charge >= 0.3 is 24.1 Å². The molecule has 0 saturated carbocycles. The van der Waals surface area contributed by atoms with Crippen LogP contribution in [-0.2, 0) is 9.47 Å². The number of hydrogen-bond donors (Lipinski definition) is 10. The third kappa shape index (κ3) is 24.8. The number of ether oxygens (including phenoxy) is 4. The van der Waals surface area contributed by atoms with Gasteiger partial charge in [0.25, 0.3) is 17.7 Å². The van der Waals surface area contributed by atoms with Crippen LogP contribution in [0.25, 0.3) is 0 Å². The SMILES string of the molecule is CC(C)(C)OC(=O)N1C[C@@H](N)[C@H](N)C1.CCOc1cccc(F)c1C(=O)c1ccc(C(=O)N[C@@H]2CN(C(=O)OC(C)(C)C)C[C@H]2N)cc1.CCOc1cccc(F)c1C(=O)c1ccc(C(=O)O)cc1.O=C(N[C@@H]1CNC[C@H]1NC(=O)c1ccc(C(=O)c2c(O)cccc2F)cc1)c1ccncc1.O=C(O)c1ccncc1. The molecule has 111 heavy (non-hydrogen) atoms. The molecule has 3 aliphatic rings. The van der Waals surface area contributed by atoms with E-state index < -0.39 is 93.3 Å². The van der Waals surface area contributed by atoms with E-state index in [-0.39, 0.29) is 112 Å². The Morgan fingerprint density at radius 2 is 0.739 bits per heavy atom. The van der Waals surface area contributed by atoms with Crippen molar-refractivity contribution in [1.29, 1.82) is 0 Å². The van der Waals surface area contributed by atoms with Crippen molar-refractivity contribution in [3.8, 4) is 17.2 Å². The number of amides is 5. The molecule has 11 rings (SSSR count). The summed E-state index contributed by atoms with van der Waals surface area (Å²) < 4.78 is 63.5. The summed E-state index contributed by atoms with van der Waals surface area (Å²) in [6.07, 6.45) is 5.14. The Morgan fingerprint density at radius 3 is 1.10 bits per heavy atom. The summed E-state index contributed by atoms with van der Waals surface area (Å²) in [5, 5.41) is 38.8. The van der Waals surface area contributed by atoms with Crippen molar-refractivity contribution in [2.45, 2.75) is 103 Å². The molecule has 8 aromatic rings. The molecule has 5 amide bonds. The van der Waals surface area contributed by atoms with E-state index in [1.165, 1.54) is 163 Å². The van der Waals surface area contributed by atoms with E-state index in [1.807, 2.05) is 20.8 Å². The van der Waals surface area contributed by atoms with Crippen LogP contribution in [0, 0.1) is 17.5 Å². The number of carbonyl (C=O) groups is 10. The molecule has 2 aromatic heterocycles. The van der Waals surface area contributed by atoms with Gasteiger partial charge in [-0.1, -0.05) is 54.6 Å². The second-order valence-electron chi connectivity index (χ2n) is 27.2. The average Bonchev–Trinajstić information content (AvgIpc) is 1.66. The van der Waals surface area contributed by atoms with E-state index in [9.17, 15) is 66.2 Å². The standard InChI is InChI=1S/C25H30FN3O5.C24H21FN4O4.C16H13FO4.C9H19N3O2.C6H5NO2/c1-5-33-20-8-6-7-17(26)21(20)22(30)15-9-11-16(12-10-15)23(31)28-19-14-29(13-18(19)27)24(32)34-25(2,3)4;25-17-2-1-3-20(30)21(17)22(31)14-4-6-15(7-5-14)23(32)28-18-12-27-13-19(18)29-24(33)16-8-10-26-11-9-16;1-2-21-13-5-3-4-12(17)14(13)15(18)10-6-8-11(9-7-10)16(19)20;1-9(2,3)14-8(13)12-4-6(10)7(11)5-12;8-6(9)5-1-3-7-4-2-5/h6-12,18-19H,5,13-14,27H2,1-4H3,(H,28,31);1-11,18-19,27,30H,12-13H2,(H,28,32)(H,29,33);3-9H,2H2,1H3,(H,19,20);6-7H,4-5,10-11H2,1-3H3;1-4H,(H,8,9)/t2*18-,19-;;6-,7-;/m11.1./s1. The first-order chi connectivity index (χ1) is 52.6. The lowest BCUT2D eigenvalue weighted by Crippen LogP contribution is -2.51. The van der Waals surface area contributed by atoms with E-state index in [0.717, 1.165) is 6.07 Å². The number of nitrogens with one attached hydrogen (secondary N) is 4. The second-order valence-corrected chi connectivity index (χ2v) is 27.2. The van der Waals surface area contributed by atoms with Crippen LogP contribution in [-0.4, -0.2) is 194 Å². The Labute approximate surface area is 637 Å². The molecule has 3 saturated heterocycles. The Balaban J connectivity index is 0.000000206. The van der Waals surface area contributed by atoms with Gasteiger partial charge in [-0.3, -0.25) is 38.7 Å². The number of phenols is 1. The van der Waals surface area contributed by atoms with Crippen molar-refractivity contribution in [2.75, 3.05) is 52.5 Å². The fraction of sp³-hybridized carbons (Fsp3) is 0.300. The number of benzene rings is 6. The van der Waals surface area contributed by atoms with Gasteiger partial charge in [-0.2, -0.15) is 0 Å². The van der Waals surface area contributed by atoms with Gasteiger partial charge < -0.3 is 82.5 Å². The Morgan fingerprint density at radius 1 is 0.432 bits per heavy atom. The van der Waals surface area contributed by atoms with Gasteiger partial charge in [0, 0.05) is 116 Å². The molecule has 586 valence electrons. The lowest BCUT2D eigenvalue weighted by molar-refractivity contribution is 0.0279. The highest BCUT2D eigenvalue weighted by atomic mass is 19.1. The number of phenolic OH excluding ortho intramolecular Hbond substituents is 1. The van der Waals surface area contributed by atoms with Crippen molar-refractivity contribution in [3.05, 3.63) is 255 Å². The summed E-state index contributed by atoms with van der Waals surface area (Å²) in [7, 11) is 0. The fourth-order valence-corrected chi connectivity index (χ4v) is 11.0. The first-order valence-corrected chi connectivity index (χ1v) is 34.9. The van der Waals surface area contributed by atoms with Crippen LogP contribution >= 0.6 is 0 Å². The molecule has 3 aliphatic heterocycles. The number of nitrogens with two attached hydrogens (primary N) is 3. The summed E-state index contributed by atoms with van der Waals surface area (Å²) >= 11 is 0. The number of likely N-dealkylation sites (tertiary alicyclic amines) is 2. The summed E-state index contributed by atoms with van der Waals surface area (Å²) in [6, 6.07) is 33.2. The quantitative estimate of drug-likeness (QED) is 0.0359. The molecular weight excluding hydrogens is 1440 g/mol. The average molecular weight is 1530 g/mol. The largest absolute Gasteiger partial charge is 0.507 e. The van der Waals surface area contributed by atoms with E-state index in [2.05, 4.69) is 31.2 Å². The molecular formula is C80H88F3N11O17. The van der Waals surface area contributed by atoms with Crippen LogP contribution in [0.15, 0.2) is 176 Å². The van der Waals surface area contributed by atoms with Crippen LogP contribution in [0.2, 0.25) is 0 Å². The maximum absolute atomic E-state index is 14.3. The number of rotatable bonds is 18. The highest BCUT2D eigenvalue weighted by molar-refractivity contribution is 6.13. The van der Waals surface area contributed by atoms with Crippen LogP contribution in [0.3, 0.4) is 0 Å². The maximum atomic E-state index is 14.3. The van der Waals surface area contributed by atoms with Gasteiger partial charge in [0.2, 0.25) is 0 Å². The van der Waals surface area contributed by atoms with Gasteiger partial charge in [0.05, 0.1) is 48.0 Å². The summed E-state index contributed by atoms with van der Waals surface area (Å²) in [5.74, 6) is -7.10. The molecule has 28 nitrogen and oxygen atoms in total. The number of carboxylic acid groups (broad SMARTS) is 2. The Kier molecular flexibility index (Phi) is 30.6. The van der Waals surface area contributed by atoms with Gasteiger partial charge in [-0.15, -0.1) is 0 Å². The maximum Gasteiger partial charge on any atom is 0.410 e. The lowest BCUT2D eigenvalue weighted by atomic mass is 10.0. The number of carboxylic acids is 2. The molecule has 13 N–H and O–H groups in total. The van der Waals surface area contributed by atoms with Crippen molar-refractivity contribution >= 4 is 59.2 Å². The molecule has 6 aromatic carbocycles. The topological polar surface area (TPSA) is 427 Å². The summed E-state index contributed by atoms with van der Waals surface area (Å²) in [6.45, 7) is 17.3. The minimum atomic E-state index is -1.09. The van der Waals surface area contributed by atoms with Crippen molar-refractivity contribution in [3.63, 3.8) is 0 Å². The third-order valence-electron chi connectivity index (χ3n) is 16.6. The first-order valence-electron chi connectivity index (χ1n) is 34.9. The normalized spacial score (nSPS) is 16.8. The molecule has 0 spiro atoms. The highest BCUT2D eigenvalue weighted by Crippen LogP contribution is 2.29. The zero-order valence-electron chi connectivity index (χ0n) is 62.1. The molecule has 5 heterocycles. The monoisotopic (exact) mass is 1530 g/mol. The van der Waals surface area contributed by atoms with E-state index >= 15 is 0 Å². The van der Waals surface area contributed by atoms with Crippen LogP contribution < -0.4 is 47.9 Å². The van der Waals surface area contributed by atoms with Crippen molar-refractivity contribution in [1.82, 2.24) is 41.0 Å². The van der Waals surface area contributed by atoms with E-state index in [1.54, 1.807) is 51.7 Å². The minimum absolute atomic E-state index is 0.0603. The fourth-order valence-electron chi connectivity index (χ4n) is 11.0. The van der Waals surface area contributed by atoms with Crippen molar-refractivity contribution in [2.24, 2.45) is 17.2 Å². The summed E-state index contributed by atoms with van der Waals surface area (Å²) in [5.41, 5.74) is 17.7. The van der Waals surface area contributed by atoms with E-state index in [4.69, 9.17) is 46.4 Å². The number of halogens is 3. The lowest BCUT2D eigenvalue weighted by Gasteiger charge is -2.24. The van der Waals surface area contributed by atoms with Gasteiger partial charge in [0.1, 0.15) is 57.0 Å². The number of carbonyl (C=O) groups excluding carboxylic acids is 8. The molecule has 0 radical (unpaired) electrons. The molecule has 3 fully saturated rings. The van der Waals surface area contributed by atoms with Gasteiger partial charge in [0.15, 0.2) is 17.3 Å². The number of nitrogens with zero attached hydrogens (tertiary/aromatic N) is 4. The number of aromatic carboxylic acids is 2. The van der Waals surface area contributed by atoms with Crippen molar-refractivity contribution < 1.29 is 95.4 Å². The number of aromatic hydroxyl groups is 1. The predicted molar refractivity (Wildman–Crippen MR) is 401 cm³/mol. The molecule has 0 bridgehead atoms. The number of ketones is 3. The zero-order valence-corrected chi connectivity index (χ0v) is 62.1. The smallest absolute Gasteiger partial charge is 0.410 e. The predicted octanol–water partition coefficient (Wildman–Crippen LogP) is 8.61. The molecule has 31 heteroatoms.